The number of halogens is 1. The molecule has 10 heteroatoms. The predicted octanol–water partition coefficient (Wildman–Crippen LogP) is 2.67. The van der Waals surface area contributed by atoms with Crippen LogP contribution in [0.3, 0.4) is 0 Å². The number of aryl methyl sites for hydroxylation is 1. The first kappa shape index (κ1) is 20.0. The number of hydrogen-bond acceptors (Lipinski definition) is 7. The average molecular weight is 435 g/mol. The lowest BCUT2D eigenvalue weighted by molar-refractivity contribution is 0.0714. The summed E-state index contributed by atoms with van der Waals surface area (Å²) in [6, 6.07) is 9.73. The lowest BCUT2D eigenvalue weighted by Gasteiger charge is -2.34. The quantitative estimate of drug-likeness (QED) is 0.515. The van der Waals surface area contributed by atoms with Crippen LogP contribution in [0.5, 0.6) is 0 Å². The van der Waals surface area contributed by atoms with Crippen molar-refractivity contribution in [3.05, 3.63) is 66.0 Å². The molecule has 0 aliphatic carbocycles. The summed E-state index contributed by atoms with van der Waals surface area (Å²) in [5.41, 5.74) is 1.65. The first-order valence-corrected chi connectivity index (χ1v) is 10.3. The smallest absolute Gasteiger partial charge is 0.289 e. The fourth-order valence-corrected chi connectivity index (χ4v) is 3.74. The Morgan fingerprint density at radius 1 is 1.12 bits per heavy atom. The highest BCUT2D eigenvalue weighted by Crippen LogP contribution is 2.24. The first-order chi connectivity index (χ1) is 15.6. The van der Waals surface area contributed by atoms with Crippen LogP contribution >= 0.6 is 0 Å². The van der Waals surface area contributed by atoms with Crippen LogP contribution in [0.1, 0.15) is 16.1 Å². The Bertz CT molecular complexity index is 1230. The molecule has 32 heavy (non-hydrogen) atoms. The number of nitrogens with zero attached hydrogens (tertiary/aromatic N) is 6. The van der Waals surface area contributed by atoms with E-state index >= 15 is 0 Å². The van der Waals surface area contributed by atoms with Crippen molar-refractivity contribution >= 4 is 28.7 Å². The van der Waals surface area contributed by atoms with Crippen molar-refractivity contribution < 1.29 is 13.6 Å². The molecule has 3 aromatic heterocycles. The van der Waals surface area contributed by atoms with E-state index in [0.29, 0.717) is 55.9 Å². The van der Waals surface area contributed by atoms with Crippen LogP contribution in [0.15, 0.2) is 53.3 Å². The van der Waals surface area contributed by atoms with E-state index in [1.54, 1.807) is 40.0 Å². The van der Waals surface area contributed by atoms with Crippen LogP contribution in [-0.2, 0) is 13.6 Å². The summed E-state index contributed by atoms with van der Waals surface area (Å²) in [5.74, 6) is 1.21. The van der Waals surface area contributed by atoms with Gasteiger partial charge < -0.3 is 19.5 Å². The maximum Gasteiger partial charge on any atom is 0.289 e. The van der Waals surface area contributed by atoms with Crippen LogP contribution in [0.25, 0.3) is 11.0 Å². The van der Waals surface area contributed by atoms with Gasteiger partial charge in [0.15, 0.2) is 11.4 Å². The Hall–Kier alpha value is -3.95. The fourth-order valence-electron chi connectivity index (χ4n) is 3.74. The number of piperazine rings is 1. The van der Waals surface area contributed by atoms with Gasteiger partial charge in [-0.1, -0.05) is 12.1 Å². The van der Waals surface area contributed by atoms with Crippen molar-refractivity contribution in [2.24, 2.45) is 7.05 Å². The Morgan fingerprint density at radius 3 is 2.62 bits per heavy atom. The minimum atomic E-state index is -0.266. The molecular weight excluding hydrogens is 413 g/mol. The summed E-state index contributed by atoms with van der Waals surface area (Å²) >= 11 is 0. The minimum absolute atomic E-state index is 0.112. The van der Waals surface area contributed by atoms with Gasteiger partial charge in [-0.15, -0.1) is 0 Å². The van der Waals surface area contributed by atoms with E-state index in [1.165, 1.54) is 18.4 Å². The van der Waals surface area contributed by atoms with E-state index in [2.05, 4.69) is 15.3 Å². The predicted molar refractivity (Wildman–Crippen MR) is 117 cm³/mol. The zero-order valence-electron chi connectivity index (χ0n) is 17.5. The van der Waals surface area contributed by atoms with Gasteiger partial charge >= 0.3 is 0 Å². The van der Waals surface area contributed by atoms with Gasteiger partial charge in [0.05, 0.1) is 17.8 Å². The molecule has 1 aromatic carbocycles. The van der Waals surface area contributed by atoms with E-state index in [0.717, 1.165) is 10.9 Å². The number of carbonyl (C=O) groups excluding carboxylic acids is 1. The molecule has 1 N–H and O–H groups in total. The second-order valence-corrected chi connectivity index (χ2v) is 7.61. The molecule has 1 amide bonds. The second-order valence-electron chi connectivity index (χ2n) is 7.61. The van der Waals surface area contributed by atoms with E-state index < -0.39 is 0 Å². The number of amides is 1. The van der Waals surface area contributed by atoms with E-state index in [-0.39, 0.29) is 11.7 Å². The molecule has 4 aromatic rings. The van der Waals surface area contributed by atoms with Gasteiger partial charge in [-0.25, -0.2) is 4.39 Å². The Balaban J connectivity index is 1.34. The van der Waals surface area contributed by atoms with Crippen molar-refractivity contribution in [2.75, 3.05) is 36.4 Å². The van der Waals surface area contributed by atoms with E-state index in [9.17, 15) is 9.18 Å². The summed E-state index contributed by atoms with van der Waals surface area (Å²) in [6.45, 7) is 2.79. The number of anilines is 2. The van der Waals surface area contributed by atoms with E-state index in [1.807, 2.05) is 7.05 Å². The maximum absolute atomic E-state index is 13.2. The molecule has 0 radical (unpaired) electrons. The highest BCUT2D eigenvalue weighted by Gasteiger charge is 2.26. The second kappa shape index (κ2) is 8.29. The Labute approximate surface area is 183 Å². The molecule has 4 heterocycles. The van der Waals surface area contributed by atoms with Gasteiger partial charge in [0, 0.05) is 39.8 Å². The summed E-state index contributed by atoms with van der Waals surface area (Å²) in [4.78, 5) is 25.8. The van der Waals surface area contributed by atoms with Crippen LogP contribution in [0.2, 0.25) is 0 Å². The maximum atomic E-state index is 13.2. The lowest BCUT2D eigenvalue weighted by atomic mass is 10.2. The number of furan rings is 1. The summed E-state index contributed by atoms with van der Waals surface area (Å²) < 4.78 is 20.1. The number of fused-ring (bicyclic) bond motifs is 1. The van der Waals surface area contributed by atoms with Gasteiger partial charge in [-0.05, 0) is 29.8 Å². The highest BCUT2D eigenvalue weighted by molar-refractivity contribution is 5.91. The Kier molecular flexibility index (Phi) is 5.18. The Morgan fingerprint density at radius 2 is 1.91 bits per heavy atom. The van der Waals surface area contributed by atoms with Gasteiger partial charge in [-0.2, -0.15) is 15.1 Å². The molecule has 0 atom stereocenters. The summed E-state index contributed by atoms with van der Waals surface area (Å²) in [6.07, 6.45) is 3.23. The van der Waals surface area contributed by atoms with Gasteiger partial charge in [-0.3, -0.25) is 9.48 Å². The normalized spacial score (nSPS) is 14.2. The number of nitrogens with one attached hydrogen (secondary N) is 1. The molecule has 0 saturated carbocycles. The van der Waals surface area contributed by atoms with Gasteiger partial charge in [0.2, 0.25) is 5.95 Å². The third kappa shape index (κ3) is 3.86. The van der Waals surface area contributed by atoms with Gasteiger partial charge in [0.1, 0.15) is 11.6 Å². The summed E-state index contributed by atoms with van der Waals surface area (Å²) in [7, 11) is 1.84. The third-order valence-corrected chi connectivity index (χ3v) is 5.54. The number of aromatic nitrogens is 4. The number of hydrogen-bond donors (Lipinski definition) is 1. The van der Waals surface area contributed by atoms with Crippen LogP contribution < -0.4 is 10.2 Å². The highest BCUT2D eigenvalue weighted by atomic mass is 19.1. The van der Waals surface area contributed by atoms with Crippen molar-refractivity contribution in [1.29, 1.82) is 0 Å². The van der Waals surface area contributed by atoms with Crippen molar-refractivity contribution in [2.45, 2.75) is 6.54 Å². The zero-order valence-corrected chi connectivity index (χ0v) is 17.5. The minimum Gasteiger partial charge on any atom is -0.459 e. The van der Waals surface area contributed by atoms with E-state index in [4.69, 9.17) is 14.4 Å². The van der Waals surface area contributed by atoms with Crippen molar-refractivity contribution in [3.63, 3.8) is 0 Å². The zero-order chi connectivity index (χ0) is 22.1. The molecule has 1 aliphatic heterocycles. The summed E-state index contributed by atoms with van der Waals surface area (Å²) in [5, 5.41) is 8.46. The largest absolute Gasteiger partial charge is 0.459 e. The molecule has 0 spiro atoms. The first-order valence-electron chi connectivity index (χ1n) is 10.3. The fraction of sp³-hybridized carbons (Fsp3) is 0.273. The molecule has 0 bridgehead atoms. The molecule has 1 aliphatic rings. The van der Waals surface area contributed by atoms with Crippen LogP contribution in [-0.4, -0.2) is 56.7 Å². The number of benzene rings is 1. The third-order valence-electron chi connectivity index (χ3n) is 5.54. The topological polar surface area (TPSA) is 92.3 Å². The molecule has 1 saturated heterocycles. The monoisotopic (exact) mass is 435 g/mol. The van der Waals surface area contributed by atoms with Crippen LogP contribution in [0, 0.1) is 5.82 Å². The van der Waals surface area contributed by atoms with Crippen molar-refractivity contribution in [3.8, 4) is 0 Å². The standard InChI is InChI=1S/C22H22FN7O2/c1-28-20-17(14-25-28)19(24-13-15-4-6-16(23)7-5-15)26-22(27-20)30-10-8-29(9-11-30)21(31)18-3-2-12-32-18/h2-7,12,14H,8-11,13H2,1H3,(H,24,26,27). The molecule has 164 valence electrons. The molecular formula is C22H22FN7O2. The molecule has 9 nitrogen and oxygen atoms in total. The lowest BCUT2D eigenvalue weighted by Crippen LogP contribution is -2.49. The van der Waals surface area contributed by atoms with Crippen molar-refractivity contribution in [1.82, 2.24) is 24.6 Å². The molecule has 5 rings (SSSR count). The average Bonchev–Trinajstić information content (AvgIpc) is 3.49. The number of carbonyl (C=O) groups is 1. The van der Waals surface area contributed by atoms with Gasteiger partial charge in [0.25, 0.3) is 5.91 Å². The SMILES string of the molecule is Cn1ncc2c(NCc3ccc(F)cc3)nc(N3CCN(C(=O)c4ccco4)CC3)nc21. The number of rotatable bonds is 5. The van der Waals surface area contributed by atoms with Crippen LogP contribution in [0.4, 0.5) is 16.2 Å². The molecule has 1 fully saturated rings. The molecule has 0 unspecified atom stereocenters.